The van der Waals surface area contributed by atoms with Crippen LogP contribution in [0.25, 0.3) is 33.3 Å². The number of hydrogen-bond acceptors (Lipinski definition) is 2. The topological polar surface area (TPSA) is 62.7 Å². The highest BCUT2D eigenvalue weighted by Crippen LogP contribution is 2.40. The summed E-state index contributed by atoms with van der Waals surface area (Å²) >= 11 is 0. The van der Waals surface area contributed by atoms with E-state index in [-0.39, 0.29) is 17.4 Å². The van der Waals surface area contributed by atoms with Gasteiger partial charge in [0.05, 0.1) is 18.2 Å². The number of amides is 1. The number of benzene rings is 2. The third-order valence-corrected chi connectivity index (χ3v) is 7.33. The first-order valence-corrected chi connectivity index (χ1v) is 11.6. The molecule has 32 heavy (non-hydrogen) atoms. The number of nitrogens with one attached hydrogen (secondary N) is 2. The van der Waals surface area contributed by atoms with Gasteiger partial charge in [0.25, 0.3) is 0 Å². The number of aromatic amines is 1. The Morgan fingerprint density at radius 2 is 1.84 bits per heavy atom. The van der Waals surface area contributed by atoms with Crippen LogP contribution in [0.2, 0.25) is 0 Å². The zero-order valence-electron chi connectivity index (χ0n) is 18.3. The Bertz CT molecular complexity index is 1280. The molecule has 0 radical (unpaired) electrons. The van der Waals surface area contributed by atoms with Crippen LogP contribution in [0.3, 0.4) is 0 Å². The lowest BCUT2D eigenvalue weighted by atomic mass is 10.0. The van der Waals surface area contributed by atoms with Gasteiger partial charge in [-0.3, -0.25) is 4.79 Å². The molecular weight excluding hydrogens is 396 g/mol. The van der Waals surface area contributed by atoms with Crippen LogP contribution in [0.15, 0.2) is 67.3 Å². The number of aromatic nitrogens is 3. The standard InChI is InChI=1S/C27H28N4O/c1-27(11-12-27)30-26(32)22-8-9-23(14-22)31-17-28-16-25(31)20-5-2-18(3-6-20)21-7-4-19-10-13-29-24(19)15-21/h2-7,10,13,15-17,22-23,29H,8-9,11-12,14H2,1H3,(H,30,32). The number of rotatable bonds is 5. The third kappa shape index (κ3) is 3.52. The Kier molecular flexibility index (Phi) is 4.46. The monoisotopic (exact) mass is 424 g/mol. The molecular formula is C27H28N4O. The number of hydrogen-bond donors (Lipinski definition) is 2. The molecule has 2 unspecified atom stereocenters. The molecule has 1 amide bonds. The Balaban J connectivity index is 1.20. The van der Waals surface area contributed by atoms with Gasteiger partial charge in [0.1, 0.15) is 0 Å². The van der Waals surface area contributed by atoms with Gasteiger partial charge in [-0.1, -0.05) is 36.4 Å². The van der Waals surface area contributed by atoms with Gasteiger partial charge in [0.2, 0.25) is 5.91 Å². The molecule has 2 aromatic carbocycles. The second-order valence-electron chi connectivity index (χ2n) is 9.76. The lowest BCUT2D eigenvalue weighted by molar-refractivity contribution is -0.125. The van der Waals surface area contributed by atoms with E-state index < -0.39 is 0 Å². The highest BCUT2D eigenvalue weighted by molar-refractivity contribution is 5.85. The summed E-state index contributed by atoms with van der Waals surface area (Å²) in [6.07, 6.45) is 10.9. The lowest BCUT2D eigenvalue weighted by Crippen LogP contribution is -2.38. The van der Waals surface area contributed by atoms with Crippen LogP contribution >= 0.6 is 0 Å². The molecule has 0 spiro atoms. The molecule has 2 N–H and O–H groups in total. The summed E-state index contributed by atoms with van der Waals surface area (Å²) in [5.41, 5.74) is 5.89. The van der Waals surface area contributed by atoms with Crippen LogP contribution in [0, 0.1) is 5.92 Å². The Labute approximate surface area is 187 Å². The molecule has 2 heterocycles. The van der Waals surface area contributed by atoms with Crippen molar-refractivity contribution in [3.8, 4) is 22.4 Å². The SMILES string of the molecule is CC1(NC(=O)C2CCC(n3cncc3-c3ccc(-c4ccc5cc[nH]c5c4)cc3)C2)CC1. The van der Waals surface area contributed by atoms with Gasteiger partial charge in [-0.2, -0.15) is 0 Å². The van der Waals surface area contributed by atoms with Gasteiger partial charge in [0.15, 0.2) is 0 Å². The van der Waals surface area contributed by atoms with Crippen LogP contribution < -0.4 is 5.32 Å². The lowest BCUT2D eigenvalue weighted by Gasteiger charge is -2.18. The van der Waals surface area contributed by atoms with Crippen molar-refractivity contribution in [2.45, 2.75) is 50.6 Å². The molecule has 2 aromatic heterocycles. The van der Waals surface area contributed by atoms with Crippen molar-refractivity contribution in [3.63, 3.8) is 0 Å². The molecule has 5 nitrogen and oxygen atoms in total. The van der Waals surface area contributed by atoms with Crippen molar-refractivity contribution < 1.29 is 4.79 Å². The van der Waals surface area contributed by atoms with Crippen molar-refractivity contribution in [1.82, 2.24) is 19.9 Å². The number of H-pyrrole nitrogens is 1. The largest absolute Gasteiger partial charge is 0.361 e. The minimum Gasteiger partial charge on any atom is -0.361 e. The summed E-state index contributed by atoms with van der Waals surface area (Å²) in [7, 11) is 0. The summed E-state index contributed by atoms with van der Waals surface area (Å²) in [4.78, 5) is 20.4. The van der Waals surface area contributed by atoms with E-state index in [9.17, 15) is 4.79 Å². The molecule has 0 bridgehead atoms. The van der Waals surface area contributed by atoms with E-state index in [1.165, 1.54) is 16.5 Å². The Morgan fingerprint density at radius 3 is 2.66 bits per heavy atom. The average molecular weight is 425 g/mol. The fourth-order valence-electron chi connectivity index (χ4n) is 5.04. The predicted molar refractivity (Wildman–Crippen MR) is 127 cm³/mol. The molecule has 5 heteroatoms. The quantitative estimate of drug-likeness (QED) is 0.431. The van der Waals surface area contributed by atoms with E-state index >= 15 is 0 Å². The summed E-state index contributed by atoms with van der Waals surface area (Å²) in [5, 5.41) is 4.48. The van der Waals surface area contributed by atoms with Crippen LogP contribution in [0.5, 0.6) is 0 Å². The molecule has 0 saturated heterocycles. The maximum absolute atomic E-state index is 12.7. The normalized spacial score (nSPS) is 21.7. The fraction of sp³-hybridized carbons (Fsp3) is 0.333. The zero-order chi connectivity index (χ0) is 21.7. The van der Waals surface area contributed by atoms with E-state index in [1.807, 2.05) is 18.7 Å². The Hall–Kier alpha value is -3.34. The van der Waals surface area contributed by atoms with Crippen molar-refractivity contribution in [2.75, 3.05) is 0 Å². The smallest absolute Gasteiger partial charge is 0.223 e. The third-order valence-electron chi connectivity index (χ3n) is 7.33. The van der Waals surface area contributed by atoms with Gasteiger partial charge in [-0.05, 0) is 73.2 Å². The van der Waals surface area contributed by atoms with Crippen LogP contribution in [0.1, 0.15) is 45.1 Å². The second kappa shape index (κ2) is 7.37. The molecule has 2 saturated carbocycles. The van der Waals surface area contributed by atoms with Gasteiger partial charge in [0, 0.05) is 29.2 Å². The number of carbonyl (C=O) groups excluding carboxylic acids is 1. The minimum atomic E-state index is 0.0580. The number of imidazole rings is 1. The van der Waals surface area contributed by atoms with E-state index in [0.717, 1.165) is 48.9 Å². The summed E-state index contributed by atoms with van der Waals surface area (Å²) < 4.78 is 2.27. The molecule has 2 aliphatic rings. The predicted octanol–water partition coefficient (Wildman–Crippen LogP) is 5.71. The van der Waals surface area contributed by atoms with Crippen molar-refractivity contribution in [3.05, 3.63) is 67.3 Å². The first kappa shape index (κ1) is 19.4. The van der Waals surface area contributed by atoms with Crippen molar-refractivity contribution in [1.29, 1.82) is 0 Å². The second-order valence-corrected chi connectivity index (χ2v) is 9.76. The van der Waals surface area contributed by atoms with Crippen LogP contribution in [0.4, 0.5) is 0 Å². The molecule has 2 atom stereocenters. The average Bonchev–Trinajstić information content (AvgIpc) is 3.28. The fourth-order valence-corrected chi connectivity index (χ4v) is 5.04. The van der Waals surface area contributed by atoms with Gasteiger partial charge >= 0.3 is 0 Å². The summed E-state index contributed by atoms with van der Waals surface area (Å²) in [6.45, 7) is 2.14. The van der Waals surface area contributed by atoms with Gasteiger partial charge < -0.3 is 14.9 Å². The molecule has 162 valence electrons. The highest BCUT2D eigenvalue weighted by Gasteiger charge is 2.41. The van der Waals surface area contributed by atoms with Crippen LogP contribution in [-0.4, -0.2) is 26.0 Å². The van der Waals surface area contributed by atoms with E-state index in [0.29, 0.717) is 6.04 Å². The zero-order valence-corrected chi connectivity index (χ0v) is 18.3. The first-order chi connectivity index (χ1) is 15.6. The summed E-state index contributed by atoms with van der Waals surface area (Å²) in [6, 6.07) is 17.6. The maximum atomic E-state index is 12.7. The molecule has 4 aromatic rings. The van der Waals surface area contributed by atoms with Crippen molar-refractivity contribution in [2.24, 2.45) is 5.92 Å². The van der Waals surface area contributed by atoms with E-state index in [1.54, 1.807) is 0 Å². The number of nitrogens with zero attached hydrogens (tertiary/aromatic N) is 2. The van der Waals surface area contributed by atoms with Gasteiger partial charge in [-0.25, -0.2) is 4.98 Å². The molecule has 2 aliphatic carbocycles. The summed E-state index contributed by atoms with van der Waals surface area (Å²) in [5.74, 6) is 0.343. The molecule has 0 aliphatic heterocycles. The van der Waals surface area contributed by atoms with Crippen LogP contribution in [-0.2, 0) is 4.79 Å². The number of carbonyl (C=O) groups is 1. The maximum Gasteiger partial charge on any atom is 0.223 e. The van der Waals surface area contributed by atoms with E-state index in [4.69, 9.17) is 0 Å². The van der Waals surface area contributed by atoms with Gasteiger partial charge in [-0.15, -0.1) is 0 Å². The minimum absolute atomic E-state index is 0.0580. The molecule has 2 fully saturated rings. The number of fused-ring (bicyclic) bond motifs is 1. The van der Waals surface area contributed by atoms with E-state index in [2.05, 4.69) is 75.3 Å². The van der Waals surface area contributed by atoms with Crippen molar-refractivity contribution >= 4 is 16.8 Å². The highest BCUT2D eigenvalue weighted by atomic mass is 16.2. The first-order valence-electron chi connectivity index (χ1n) is 11.6. The Morgan fingerprint density at radius 1 is 1.06 bits per heavy atom. The molecule has 6 rings (SSSR count).